The highest BCUT2D eigenvalue weighted by Crippen LogP contribution is 2.24. The number of anilines is 2. The van der Waals surface area contributed by atoms with E-state index in [2.05, 4.69) is 59.0 Å². The van der Waals surface area contributed by atoms with Crippen molar-refractivity contribution in [1.82, 2.24) is 9.80 Å². The van der Waals surface area contributed by atoms with Crippen LogP contribution in [0.15, 0.2) is 18.2 Å². The summed E-state index contributed by atoms with van der Waals surface area (Å²) in [7, 11) is 0. The van der Waals surface area contributed by atoms with E-state index in [1.807, 2.05) is 0 Å². The van der Waals surface area contributed by atoms with Crippen LogP contribution < -0.4 is 10.2 Å². The minimum atomic E-state index is 0.104. The molecule has 0 spiro atoms. The van der Waals surface area contributed by atoms with Gasteiger partial charge in [0.05, 0.1) is 6.54 Å². The molecule has 2 aliphatic heterocycles. The Morgan fingerprint density at radius 1 is 1.08 bits per heavy atom. The van der Waals surface area contributed by atoms with Crippen molar-refractivity contribution in [2.24, 2.45) is 5.92 Å². The highest BCUT2D eigenvalue weighted by molar-refractivity contribution is 5.93. The molecule has 2 fully saturated rings. The number of piperidine rings is 1. The number of nitrogens with zero attached hydrogens (tertiary/aromatic N) is 3. The maximum atomic E-state index is 12.4. The fraction of sp³-hybridized carbons (Fsp3) is 0.667. The number of carbonyl (C=O) groups is 1. The van der Waals surface area contributed by atoms with Crippen molar-refractivity contribution in [1.29, 1.82) is 0 Å². The van der Waals surface area contributed by atoms with Crippen molar-refractivity contribution in [3.63, 3.8) is 0 Å². The highest BCUT2D eigenvalue weighted by atomic mass is 16.2. The molecule has 5 heteroatoms. The molecule has 0 aliphatic carbocycles. The summed E-state index contributed by atoms with van der Waals surface area (Å²) in [6.45, 7) is 14.7. The van der Waals surface area contributed by atoms with E-state index in [4.69, 9.17) is 0 Å². The molecule has 0 aromatic heterocycles. The van der Waals surface area contributed by atoms with E-state index in [0.29, 0.717) is 6.54 Å². The summed E-state index contributed by atoms with van der Waals surface area (Å²) in [6.07, 6.45) is 2.40. The number of piperazine rings is 1. The minimum Gasteiger partial charge on any atom is -0.369 e. The molecule has 0 unspecified atom stereocenters. The monoisotopic (exact) mass is 358 g/mol. The lowest BCUT2D eigenvalue weighted by atomic mass is 9.99. The standard InChI is InChI=1S/C21H34N4O/c1-4-23-11-13-25(14-12-23)19-5-6-20(18(3)15-19)22-21(26)16-24-9-7-17(2)8-10-24/h5-6,15,17H,4,7-14,16H2,1-3H3,(H,22,26). The highest BCUT2D eigenvalue weighted by Gasteiger charge is 2.19. The van der Waals surface area contributed by atoms with Crippen LogP contribution >= 0.6 is 0 Å². The van der Waals surface area contributed by atoms with Gasteiger partial charge in [-0.2, -0.15) is 0 Å². The average Bonchev–Trinajstić information content (AvgIpc) is 2.65. The molecule has 26 heavy (non-hydrogen) atoms. The number of likely N-dealkylation sites (N-methyl/N-ethyl adjacent to an activating group) is 1. The molecule has 1 aromatic rings. The molecule has 1 aromatic carbocycles. The number of rotatable bonds is 5. The number of carbonyl (C=O) groups excluding carboxylic acids is 1. The molecule has 0 saturated carbocycles. The number of likely N-dealkylation sites (tertiary alicyclic amines) is 1. The zero-order valence-corrected chi connectivity index (χ0v) is 16.6. The van der Waals surface area contributed by atoms with Crippen LogP contribution in [0.1, 0.15) is 32.3 Å². The number of aryl methyl sites for hydroxylation is 1. The second kappa shape index (κ2) is 8.87. The summed E-state index contributed by atoms with van der Waals surface area (Å²) >= 11 is 0. The molecule has 2 aliphatic rings. The normalized spacial score (nSPS) is 20.3. The summed E-state index contributed by atoms with van der Waals surface area (Å²) in [5.74, 6) is 0.898. The Morgan fingerprint density at radius 2 is 1.77 bits per heavy atom. The zero-order chi connectivity index (χ0) is 18.5. The van der Waals surface area contributed by atoms with Gasteiger partial charge in [-0.15, -0.1) is 0 Å². The number of nitrogens with one attached hydrogen (secondary N) is 1. The van der Waals surface area contributed by atoms with E-state index in [0.717, 1.165) is 63.0 Å². The van der Waals surface area contributed by atoms with Crippen LogP contribution in [0.3, 0.4) is 0 Å². The van der Waals surface area contributed by atoms with Crippen molar-refractivity contribution >= 4 is 17.3 Å². The largest absolute Gasteiger partial charge is 0.369 e. The summed E-state index contributed by atoms with van der Waals surface area (Å²) in [5.41, 5.74) is 3.35. The third-order valence-electron chi connectivity index (χ3n) is 5.91. The van der Waals surface area contributed by atoms with Crippen LogP contribution in [0.25, 0.3) is 0 Å². The van der Waals surface area contributed by atoms with Gasteiger partial charge >= 0.3 is 0 Å². The first-order valence-corrected chi connectivity index (χ1v) is 10.2. The van der Waals surface area contributed by atoms with Gasteiger partial charge in [-0.3, -0.25) is 9.69 Å². The molecule has 1 N–H and O–H groups in total. The molecule has 0 radical (unpaired) electrons. The topological polar surface area (TPSA) is 38.8 Å². The Hall–Kier alpha value is -1.59. The average molecular weight is 359 g/mol. The SMILES string of the molecule is CCN1CCN(c2ccc(NC(=O)CN3CCC(C)CC3)c(C)c2)CC1. The molecule has 3 rings (SSSR count). The van der Waals surface area contributed by atoms with Crippen molar-refractivity contribution in [3.05, 3.63) is 23.8 Å². The molecule has 144 valence electrons. The Kier molecular flexibility index (Phi) is 6.54. The molecule has 2 saturated heterocycles. The van der Waals surface area contributed by atoms with Gasteiger partial charge in [-0.25, -0.2) is 0 Å². The van der Waals surface area contributed by atoms with E-state index in [1.165, 1.54) is 18.5 Å². The third-order valence-corrected chi connectivity index (χ3v) is 5.91. The van der Waals surface area contributed by atoms with Gasteiger partial charge in [0.1, 0.15) is 0 Å². The lowest BCUT2D eigenvalue weighted by Gasteiger charge is -2.35. The first-order valence-electron chi connectivity index (χ1n) is 10.2. The van der Waals surface area contributed by atoms with Gasteiger partial charge in [-0.1, -0.05) is 13.8 Å². The van der Waals surface area contributed by atoms with Crippen LogP contribution in [0, 0.1) is 12.8 Å². The second-order valence-corrected chi connectivity index (χ2v) is 7.93. The van der Waals surface area contributed by atoms with Gasteiger partial charge in [0.2, 0.25) is 5.91 Å². The quantitative estimate of drug-likeness (QED) is 0.878. The van der Waals surface area contributed by atoms with Crippen molar-refractivity contribution < 1.29 is 4.79 Å². The Balaban J connectivity index is 1.53. The second-order valence-electron chi connectivity index (χ2n) is 7.93. The predicted octanol–water partition coefficient (Wildman–Crippen LogP) is 2.81. The number of hydrogen-bond acceptors (Lipinski definition) is 4. The summed E-state index contributed by atoms with van der Waals surface area (Å²) in [5, 5.41) is 3.11. The van der Waals surface area contributed by atoms with Crippen LogP contribution in [0.5, 0.6) is 0 Å². The van der Waals surface area contributed by atoms with Gasteiger partial charge in [0.15, 0.2) is 0 Å². The van der Waals surface area contributed by atoms with Crippen molar-refractivity contribution in [3.8, 4) is 0 Å². The molecule has 0 bridgehead atoms. The summed E-state index contributed by atoms with van der Waals surface area (Å²) in [4.78, 5) is 19.6. The van der Waals surface area contributed by atoms with Crippen molar-refractivity contribution in [2.75, 3.05) is 62.6 Å². The van der Waals surface area contributed by atoms with Crippen molar-refractivity contribution in [2.45, 2.75) is 33.6 Å². The first-order chi connectivity index (χ1) is 12.5. The van der Waals surface area contributed by atoms with Gasteiger partial charge in [0.25, 0.3) is 0 Å². The Morgan fingerprint density at radius 3 is 2.38 bits per heavy atom. The molecule has 5 nitrogen and oxygen atoms in total. The summed E-state index contributed by atoms with van der Waals surface area (Å²) < 4.78 is 0. The van der Waals surface area contributed by atoms with E-state index in [-0.39, 0.29) is 5.91 Å². The fourth-order valence-corrected chi connectivity index (χ4v) is 3.92. The first kappa shape index (κ1) is 19.2. The number of amides is 1. The maximum Gasteiger partial charge on any atom is 0.238 e. The molecule has 0 atom stereocenters. The molecular weight excluding hydrogens is 324 g/mol. The molecule has 1 amide bonds. The predicted molar refractivity (Wildman–Crippen MR) is 109 cm³/mol. The Labute approximate surface area is 158 Å². The minimum absolute atomic E-state index is 0.104. The van der Waals surface area contributed by atoms with Gasteiger partial charge in [-0.05, 0) is 69.1 Å². The fourth-order valence-electron chi connectivity index (χ4n) is 3.92. The molecular formula is C21H34N4O. The lowest BCUT2D eigenvalue weighted by molar-refractivity contribution is -0.117. The maximum absolute atomic E-state index is 12.4. The number of hydrogen-bond donors (Lipinski definition) is 1. The smallest absolute Gasteiger partial charge is 0.238 e. The van der Waals surface area contributed by atoms with E-state index < -0.39 is 0 Å². The van der Waals surface area contributed by atoms with Gasteiger partial charge < -0.3 is 15.1 Å². The van der Waals surface area contributed by atoms with Crippen LogP contribution in [-0.2, 0) is 4.79 Å². The van der Waals surface area contributed by atoms with E-state index in [1.54, 1.807) is 0 Å². The third kappa shape index (κ3) is 4.98. The Bertz CT molecular complexity index is 602. The van der Waals surface area contributed by atoms with E-state index >= 15 is 0 Å². The van der Waals surface area contributed by atoms with Gasteiger partial charge in [0, 0.05) is 37.6 Å². The number of benzene rings is 1. The van der Waals surface area contributed by atoms with E-state index in [9.17, 15) is 4.79 Å². The van der Waals surface area contributed by atoms with Crippen LogP contribution in [-0.4, -0.2) is 68.1 Å². The van der Waals surface area contributed by atoms with Crippen LogP contribution in [0.2, 0.25) is 0 Å². The zero-order valence-electron chi connectivity index (χ0n) is 16.6. The van der Waals surface area contributed by atoms with Crippen LogP contribution in [0.4, 0.5) is 11.4 Å². The lowest BCUT2D eigenvalue weighted by Crippen LogP contribution is -2.46. The summed E-state index contributed by atoms with van der Waals surface area (Å²) in [6, 6.07) is 6.42. The molecule has 2 heterocycles.